The van der Waals surface area contributed by atoms with Crippen LogP contribution in [0, 0.1) is 0 Å². The summed E-state index contributed by atoms with van der Waals surface area (Å²) < 4.78 is 41.9. The van der Waals surface area contributed by atoms with Crippen LogP contribution in [0.15, 0.2) is 21.3 Å². The number of hydrogen-bond donors (Lipinski definition) is 0. The number of carbonyl (C=O) groups is 1. The van der Waals surface area contributed by atoms with E-state index < -0.39 is 18.5 Å². The number of carbonyl (C=O) groups excluding carboxylic acids is 1. The molecule has 1 aliphatic heterocycles. The van der Waals surface area contributed by atoms with Gasteiger partial charge in [-0.25, -0.2) is 0 Å². The minimum absolute atomic E-state index is 0.187. The number of nitrogens with zero attached hydrogens (tertiary/aromatic N) is 3. The molecule has 1 fully saturated rings. The van der Waals surface area contributed by atoms with Crippen molar-refractivity contribution in [3.8, 4) is 11.5 Å². The minimum Gasteiger partial charge on any atom is -0.342 e. The van der Waals surface area contributed by atoms with E-state index >= 15 is 0 Å². The topological polar surface area (TPSA) is 59.2 Å². The summed E-state index contributed by atoms with van der Waals surface area (Å²) in [4.78, 5) is 17.1. The zero-order valence-electron chi connectivity index (χ0n) is 11.3. The summed E-state index contributed by atoms with van der Waals surface area (Å²) in [5.74, 6) is -0.273. The first-order valence-corrected chi connectivity index (χ1v) is 7.57. The molecule has 3 heterocycles. The lowest BCUT2D eigenvalue weighted by Crippen LogP contribution is -2.32. The van der Waals surface area contributed by atoms with E-state index in [2.05, 4.69) is 10.1 Å². The monoisotopic (exact) mass is 331 g/mol. The molecule has 5 nitrogen and oxygen atoms in total. The fourth-order valence-electron chi connectivity index (χ4n) is 2.38. The molecule has 0 aromatic carbocycles. The predicted molar refractivity (Wildman–Crippen MR) is 72.2 cm³/mol. The van der Waals surface area contributed by atoms with Crippen LogP contribution < -0.4 is 0 Å². The van der Waals surface area contributed by atoms with Gasteiger partial charge in [0, 0.05) is 24.4 Å². The lowest BCUT2D eigenvalue weighted by Gasteiger charge is -2.16. The fraction of sp³-hybridized carbons (Fsp3) is 0.462. The third-order valence-corrected chi connectivity index (χ3v) is 4.15. The van der Waals surface area contributed by atoms with Crippen molar-refractivity contribution in [3.05, 3.63) is 22.7 Å². The van der Waals surface area contributed by atoms with E-state index in [4.69, 9.17) is 4.52 Å². The van der Waals surface area contributed by atoms with Crippen molar-refractivity contribution < 1.29 is 22.5 Å². The van der Waals surface area contributed by atoms with Crippen LogP contribution in [0.5, 0.6) is 0 Å². The maximum Gasteiger partial charge on any atom is 0.397 e. The van der Waals surface area contributed by atoms with Gasteiger partial charge in [-0.15, -0.1) is 0 Å². The number of likely N-dealkylation sites (tertiary alicyclic amines) is 1. The molecule has 0 aliphatic carbocycles. The van der Waals surface area contributed by atoms with Crippen molar-refractivity contribution >= 4 is 17.2 Å². The number of rotatable bonds is 3. The van der Waals surface area contributed by atoms with E-state index in [1.807, 2.05) is 16.8 Å². The molecule has 0 bridgehead atoms. The first-order chi connectivity index (χ1) is 10.4. The van der Waals surface area contributed by atoms with Gasteiger partial charge < -0.3 is 9.42 Å². The van der Waals surface area contributed by atoms with E-state index in [1.165, 1.54) is 16.2 Å². The summed E-state index contributed by atoms with van der Waals surface area (Å²) in [7, 11) is 0. The average Bonchev–Trinajstić information content (AvgIpc) is 3.18. The maximum atomic E-state index is 12.3. The van der Waals surface area contributed by atoms with Crippen LogP contribution in [0.4, 0.5) is 13.2 Å². The Hall–Kier alpha value is -1.90. The second kappa shape index (κ2) is 5.71. The number of halogens is 3. The Labute approximate surface area is 127 Å². The van der Waals surface area contributed by atoms with E-state index in [9.17, 15) is 18.0 Å². The Balaban J connectivity index is 1.64. The Kier molecular flexibility index (Phi) is 3.90. The predicted octanol–water partition coefficient (Wildman–Crippen LogP) is 3.07. The number of thiophene rings is 1. The van der Waals surface area contributed by atoms with Crippen molar-refractivity contribution in [2.24, 2.45) is 0 Å². The van der Waals surface area contributed by atoms with Gasteiger partial charge in [0.2, 0.25) is 5.91 Å². The molecule has 1 aliphatic rings. The third kappa shape index (κ3) is 3.29. The first-order valence-electron chi connectivity index (χ1n) is 6.63. The van der Waals surface area contributed by atoms with Gasteiger partial charge >= 0.3 is 6.18 Å². The summed E-state index contributed by atoms with van der Waals surface area (Å²) >= 11 is 1.50. The summed E-state index contributed by atoms with van der Waals surface area (Å²) in [6.45, 7) is 0.472. The van der Waals surface area contributed by atoms with Gasteiger partial charge in [0.05, 0.1) is 5.56 Å². The van der Waals surface area contributed by atoms with Crippen molar-refractivity contribution in [2.45, 2.75) is 24.9 Å². The molecule has 2 aromatic heterocycles. The minimum atomic E-state index is -4.48. The van der Waals surface area contributed by atoms with Gasteiger partial charge in [-0.2, -0.15) is 29.5 Å². The van der Waals surface area contributed by atoms with Crippen LogP contribution in [0.3, 0.4) is 0 Å². The Morgan fingerprint density at radius 3 is 3.00 bits per heavy atom. The van der Waals surface area contributed by atoms with Gasteiger partial charge in [0.15, 0.2) is 5.82 Å². The first kappa shape index (κ1) is 15.0. The average molecular weight is 331 g/mol. The molecule has 0 radical (unpaired) electrons. The van der Waals surface area contributed by atoms with Gasteiger partial charge in [0.25, 0.3) is 5.89 Å². The fourth-order valence-corrected chi connectivity index (χ4v) is 3.01. The van der Waals surface area contributed by atoms with Crippen molar-refractivity contribution in [1.29, 1.82) is 0 Å². The molecule has 2 aromatic rings. The van der Waals surface area contributed by atoms with Gasteiger partial charge in [-0.1, -0.05) is 5.16 Å². The lowest BCUT2D eigenvalue weighted by atomic mass is 10.1. The molecule has 1 atom stereocenters. The molecule has 0 spiro atoms. The van der Waals surface area contributed by atoms with E-state index in [0.717, 1.165) is 5.56 Å². The van der Waals surface area contributed by atoms with Crippen molar-refractivity contribution in [3.63, 3.8) is 0 Å². The Morgan fingerprint density at radius 1 is 1.50 bits per heavy atom. The molecule has 0 saturated carbocycles. The van der Waals surface area contributed by atoms with Crippen LogP contribution >= 0.6 is 11.3 Å². The molecule has 22 heavy (non-hydrogen) atoms. The highest BCUT2D eigenvalue weighted by atomic mass is 32.1. The smallest absolute Gasteiger partial charge is 0.342 e. The zero-order chi connectivity index (χ0) is 15.7. The van der Waals surface area contributed by atoms with Gasteiger partial charge in [-0.05, 0) is 17.9 Å². The zero-order valence-corrected chi connectivity index (χ0v) is 12.2. The third-order valence-electron chi connectivity index (χ3n) is 3.47. The highest BCUT2D eigenvalue weighted by molar-refractivity contribution is 7.08. The molecule has 118 valence electrons. The molecule has 0 N–H and O–H groups in total. The molecule has 0 unspecified atom stereocenters. The molecular weight excluding hydrogens is 319 g/mol. The van der Waals surface area contributed by atoms with Crippen molar-refractivity contribution in [2.75, 3.05) is 13.1 Å². The molecule has 1 amide bonds. The number of amides is 1. The van der Waals surface area contributed by atoms with E-state index in [1.54, 1.807) is 0 Å². The van der Waals surface area contributed by atoms with E-state index in [-0.39, 0.29) is 19.0 Å². The van der Waals surface area contributed by atoms with Gasteiger partial charge in [-0.3, -0.25) is 4.79 Å². The summed E-state index contributed by atoms with van der Waals surface area (Å²) in [5, 5.41) is 7.63. The lowest BCUT2D eigenvalue weighted by molar-refractivity contribution is -0.160. The number of hydrogen-bond acceptors (Lipinski definition) is 5. The molecular formula is C13H12F3N3O2S. The second-order valence-electron chi connectivity index (χ2n) is 5.09. The summed E-state index contributed by atoms with van der Waals surface area (Å²) in [6.07, 6.45) is -5.37. The number of aromatic nitrogens is 2. The maximum absolute atomic E-state index is 12.3. The Bertz CT molecular complexity index is 654. The normalized spacial score (nSPS) is 18.9. The summed E-state index contributed by atoms with van der Waals surface area (Å²) in [6, 6.07) is 1.84. The Morgan fingerprint density at radius 2 is 2.32 bits per heavy atom. The highest BCUT2D eigenvalue weighted by Gasteiger charge is 2.37. The highest BCUT2D eigenvalue weighted by Crippen LogP contribution is 2.29. The van der Waals surface area contributed by atoms with Crippen molar-refractivity contribution in [1.82, 2.24) is 15.0 Å². The summed E-state index contributed by atoms with van der Waals surface area (Å²) in [5.41, 5.74) is 0.812. The molecule has 3 rings (SSSR count). The van der Waals surface area contributed by atoms with Crippen LogP contribution in [-0.2, 0) is 4.79 Å². The standard InChI is InChI=1S/C13H12F3N3O2S/c14-13(15,16)5-10(20)19-3-1-8(6-19)11-17-12(21-18-11)9-2-4-22-7-9/h2,4,7-8H,1,3,5-6H2/t8-/m0/s1. The van der Waals surface area contributed by atoms with Crippen LogP contribution in [0.25, 0.3) is 11.5 Å². The van der Waals surface area contributed by atoms with Crippen LogP contribution in [-0.4, -0.2) is 40.2 Å². The number of alkyl halides is 3. The largest absolute Gasteiger partial charge is 0.397 e. The quantitative estimate of drug-likeness (QED) is 0.867. The molecule has 1 saturated heterocycles. The molecule has 9 heteroatoms. The second-order valence-corrected chi connectivity index (χ2v) is 5.87. The van der Waals surface area contributed by atoms with Gasteiger partial charge in [0.1, 0.15) is 6.42 Å². The van der Waals surface area contributed by atoms with E-state index in [0.29, 0.717) is 18.1 Å². The SMILES string of the molecule is O=C(CC(F)(F)F)N1CC[C@H](c2noc(-c3ccsc3)n2)C1. The van der Waals surface area contributed by atoms with Crippen LogP contribution in [0.2, 0.25) is 0 Å². The van der Waals surface area contributed by atoms with Crippen LogP contribution in [0.1, 0.15) is 24.6 Å².